The van der Waals surface area contributed by atoms with Gasteiger partial charge in [0.25, 0.3) is 5.91 Å². The second kappa shape index (κ2) is 9.91. The molecule has 1 N–H and O–H groups in total. The number of unbranched alkanes of at least 4 members (excludes halogenated alkanes) is 1. The molecule has 6 nitrogen and oxygen atoms in total. The highest BCUT2D eigenvalue weighted by Crippen LogP contribution is 2.28. The van der Waals surface area contributed by atoms with Gasteiger partial charge in [0.05, 0.1) is 30.1 Å². The topological polar surface area (TPSA) is 72.8 Å². The second-order valence-electron chi connectivity index (χ2n) is 5.69. The van der Waals surface area contributed by atoms with E-state index in [9.17, 15) is 4.79 Å². The van der Waals surface area contributed by atoms with E-state index in [1.54, 1.807) is 6.21 Å². The van der Waals surface area contributed by atoms with Crippen LogP contribution in [0.2, 0.25) is 0 Å². The van der Waals surface area contributed by atoms with Crippen molar-refractivity contribution >= 4 is 23.5 Å². The number of hydrazone groups is 1. The number of aromatic nitrogens is 1. The van der Waals surface area contributed by atoms with Crippen molar-refractivity contribution in [1.29, 1.82) is 0 Å². The van der Waals surface area contributed by atoms with Crippen molar-refractivity contribution in [3.8, 4) is 11.5 Å². The van der Waals surface area contributed by atoms with Crippen LogP contribution in [0.5, 0.6) is 11.5 Å². The molecule has 0 aliphatic heterocycles. The maximum atomic E-state index is 12.1. The van der Waals surface area contributed by atoms with Gasteiger partial charge in [-0.15, -0.1) is 11.3 Å². The molecular formula is C19H25N3O3S. The maximum Gasteiger partial charge on any atom is 0.283 e. The average Bonchev–Trinajstić information content (AvgIpc) is 2.95. The number of carbonyl (C=O) groups excluding carboxylic acids is 1. The quantitative estimate of drug-likeness (QED) is 0.407. The fraction of sp³-hybridized carbons (Fsp3) is 0.421. The van der Waals surface area contributed by atoms with E-state index in [1.165, 1.54) is 11.3 Å². The first-order valence-electron chi connectivity index (χ1n) is 8.72. The summed E-state index contributed by atoms with van der Waals surface area (Å²) in [4.78, 5) is 17.0. The third kappa shape index (κ3) is 5.56. The molecule has 0 aliphatic carbocycles. The average molecular weight is 375 g/mol. The summed E-state index contributed by atoms with van der Waals surface area (Å²) in [5, 5.41) is 4.89. The Morgan fingerprint density at radius 3 is 2.73 bits per heavy atom. The first-order valence-corrected chi connectivity index (χ1v) is 9.53. The molecule has 0 bridgehead atoms. The number of ether oxygens (including phenoxy) is 2. The van der Waals surface area contributed by atoms with Gasteiger partial charge in [-0.1, -0.05) is 13.3 Å². The first kappa shape index (κ1) is 19.9. The summed E-state index contributed by atoms with van der Waals surface area (Å²) in [5.74, 6) is 1.14. The fourth-order valence-electron chi connectivity index (χ4n) is 2.28. The third-order valence-electron chi connectivity index (χ3n) is 3.51. The Bertz CT molecular complexity index is 771. The minimum Gasteiger partial charge on any atom is -0.490 e. The van der Waals surface area contributed by atoms with Gasteiger partial charge in [0.15, 0.2) is 11.5 Å². The predicted molar refractivity (Wildman–Crippen MR) is 105 cm³/mol. The summed E-state index contributed by atoms with van der Waals surface area (Å²) in [6.45, 7) is 8.94. The lowest BCUT2D eigenvalue weighted by Gasteiger charge is -2.12. The Morgan fingerprint density at radius 2 is 2.08 bits per heavy atom. The molecule has 0 fully saturated rings. The molecule has 2 aromatic rings. The summed E-state index contributed by atoms with van der Waals surface area (Å²) in [6.07, 6.45) is 3.66. The van der Waals surface area contributed by atoms with E-state index >= 15 is 0 Å². The highest BCUT2D eigenvalue weighted by atomic mass is 32.1. The van der Waals surface area contributed by atoms with Crippen LogP contribution in [-0.4, -0.2) is 30.3 Å². The second-order valence-corrected chi connectivity index (χ2v) is 6.89. The standard InChI is InChI=1S/C19H25N3O3S/c1-5-7-10-25-16-9-8-15(11-17(16)24-6-2)12-20-22-19(23)18-13(3)21-14(4)26-18/h8-9,11-12H,5-7,10H2,1-4H3,(H,22,23)/b20-12+. The number of nitrogens with one attached hydrogen (secondary N) is 1. The molecule has 0 spiro atoms. The number of carbonyl (C=O) groups is 1. The van der Waals surface area contributed by atoms with Gasteiger partial charge in [-0.3, -0.25) is 4.79 Å². The van der Waals surface area contributed by atoms with Crippen molar-refractivity contribution in [3.63, 3.8) is 0 Å². The monoisotopic (exact) mass is 375 g/mol. The van der Waals surface area contributed by atoms with E-state index in [0.29, 0.717) is 29.5 Å². The molecule has 140 valence electrons. The summed E-state index contributed by atoms with van der Waals surface area (Å²) in [7, 11) is 0. The molecule has 1 heterocycles. The van der Waals surface area contributed by atoms with Gasteiger partial charge in [0, 0.05) is 0 Å². The molecule has 0 unspecified atom stereocenters. The van der Waals surface area contributed by atoms with Gasteiger partial charge in [-0.25, -0.2) is 10.4 Å². The molecule has 0 atom stereocenters. The van der Waals surface area contributed by atoms with Crippen LogP contribution in [0.1, 0.15) is 52.6 Å². The maximum absolute atomic E-state index is 12.1. The zero-order chi connectivity index (χ0) is 18.9. The van der Waals surface area contributed by atoms with E-state index in [1.807, 2.05) is 39.0 Å². The van der Waals surface area contributed by atoms with Crippen molar-refractivity contribution in [2.45, 2.75) is 40.5 Å². The molecule has 0 radical (unpaired) electrons. The molecular weight excluding hydrogens is 350 g/mol. The van der Waals surface area contributed by atoms with Crippen molar-refractivity contribution in [2.24, 2.45) is 5.10 Å². The lowest BCUT2D eigenvalue weighted by atomic mass is 10.2. The number of rotatable bonds is 9. The van der Waals surface area contributed by atoms with Crippen LogP contribution in [-0.2, 0) is 0 Å². The molecule has 0 saturated heterocycles. The molecule has 1 aromatic heterocycles. The number of hydrogen-bond acceptors (Lipinski definition) is 6. The Hall–Kier alpha value is -2.41. The largest absolute Gasteiger partial charge is 0.490 e. The zero-order valence-electron chi connectivity index (χ0n) is 15.7. The van der Waals surface area contributed by atoms with Crippen molar-refractivity contribution in [1.82, 2.24) is 10.4 Å². The van der Waals surface area contributed by atoms with Gasteiger partial charge in [-0.05, 0) is 51.0 Å². The van der Waals surface area contributed by atoms with Crippen molar-refractivity contribution < 1.29 is 14.3 Å². The zero-order valence-corrected chi connectivity index (χ0v) is 16.5. The Balaban J connectivity index is 2.03. The Labute approximate surface area is 158 Å². The van der Waals surface area contributed by atoms with Crippen LogP contribution in [0.4, 0.5) is 0 Å². The SMILES string of the molecule is CCCCOc1ccc(/C=N/NC(=O)c2sc(C)nc2C)cc1OCC. The number of benzene rings is 1. The highest BCUT2D eigenvalue weighted by Gasteiger charge is 2.12. The molecule has 26 heavy (non-hydrogen) atoms. The van der Waals surface area contributed by atoms with Crippen molar-refractivity contribution in [2.75, 3.05) is 13.2 Å². The fourth-order valence-corrected chi connectivity index (χ4v) is 3.09. The van der Waals surface area contributed by atoms with Gasteiger partial charge < -0.3 is 9.47 Å². The van der Waals surface area contributed by atoms with Crippen LogP contribution >= 0.6 is 11.3 Å². The van der Waals surface area contributed by atoms with Crippen LogP contribution in [0.15, 0.2) is 23.3 Å². The number of amides is 1. The molecule has 0 saturated carbocycles. The Morgan fingerprint density at radius 1 is 1.27 bits per heavy atom. The molecule has 0 aliphatic rings. The van der Waals surface area contributed by atoms with E-state index in [4.69, 9.17) is 9.47 Å². The lowest BCUT2D eigenvalue weighted by molar-refractivity contribution is 0.0958. The minimum absolute atomic E-state index is 0.256. The molecule has 2 rings (SSSR count). The van der Waals surface area contributed by atoms with Crippen LogP contribution in [0.25, 0.3) is 0 Å². The minimum atomic E-state index is -0.256. The summed E-state index contributed by atoms with van der Waals surface area (Å²) in [6, 6.07) is 5.59. The van der Waals surface area contributed by atoms with Gasteiger partial charge in [-0.2, -0.15) is 5.10 Å². The van der Waals surface area contributed by atoms with E-state index in [0.717, 1.165) is 29.2 Å². The number of nitrogens with zero attached hydrogens (tertiary/aromatic N) is 2. The lowest BCUT2D eigenvalue weighted by Crippen LogP contribution is -2.17. The summed E-state index contributed by atoms with van der Waals surface area (Å²) < 4.78 is 11.4. The summed E-state index contributed by atoms with van der Waals surface area (Å²) >= 11 is 1.36. The van der Waals surface area contributed by atoms with E-state index in [-0.39, 0.29) is 5.91 Å². The van der Waals surface area contributed by atoms with E-state index < -0.39 is 0 Å². The highest BCUT2D eigenvalue weighted by molar-refractivity contribution is 7.13. The van der Waals surface area contributed by atoms with Gasteiger partial charge in [0.1, 0.15) is 4.88 Å². The number of aryl methyl sites for hydroxylation is 2. The number of hydrogen-bond donors (Lipinski definition) is 1. The van der Waals surface area contributed by atoms with Gasteiger partial charge in [0.2, 0.25) is 0 Å². The summed E-state index contributed by atoms with van der Waals surface area (Å²) in [5.41, 5.74) is 4.07. The molecule has 1 amide bonds. The van der Waals surface area contributed by atoms with Crippen LogP contribution < -0.4 is 14.9 Å². The number of thiazole rings is 1. The van der Waals surface area contributed by atoms with Gasteiger partial charge >= 0.3 is 0 Å². The van der Waals surface area contributed by atoms with Crippen molar-refractivity contribution in [3.05, 3.63) is 39.3 Å². The normalized spacial score (nSPS) is 10.9. The molecule has 1 aromatic carbocycles. The molecule has 7 heteroatoms. The van der Waals surface area contributed by atoms with E-state index in [2.05, 4.69) is 22.4 Å². The van der Waals surface area contributed by atoms with Crippen LogP contribution in [0.3, 0.4) is 0 Å². The van der Waals surface area contributed by atoms with Crippen LogP contribution in [0, 0.1) is 13.8 Å². The predicted octanol–water partition coefficient (Wildman–Crippen LogP) is 4.10. The third-order valence-corrected chi connectivity index (χ3v) is 4.58. The Kier molecular flexibility index (Phi) is 7.59. The first-order chi connectivity index (χ1) is 12.5. The smallest absolute Gasteiger partial charge is 0.283 e.